The van der Waals surface area contributed by atoms with Crippen molar-refractivity contribution in [1.82, 2.24) is 0 Å². The molecule has 0 saturated heterocycles. The SMILES string of the molecule is CC(=O)c1c(F)c(Cl)c(C)c([N+](=O)[O-])c1-c1cccc(F)c1. The number of benzene rings is 2. The van der Waals surface area contributed by atoms with E-state index in [2.05, 4.69) is 0 Å². The average Bonchev–Trinajstić information content (AvgIpc) is 2.43. The largest absolute Gasteiger partial charge is 0.294 e. The summed E-state index contributed by atoms with van der Waals surface area (Å²) in [4.78, 5) is 22.4. The fraction of sp³-hybridized carbons (Fsp3) is 0.133. The van der Waals surface area contributed by atoms with Crippen LogP contribution in [-0.4, -0.2) is 10.7 Å². The summed E-state index contributed by atoms with van der Waals surface area (Å²) in [5.41, 5.74) is -1.38. The maximum absolute atomic E-state index is 14.3. The van der Waals surface area contributed by atoms with Gasteiger partial charge >= 0.3 is 0 Å². The van der Waals surface area contributed by atoms with E-state index in [0.29, 0.717) is 0 Å². The minimum atomic E-state index is -1.04. The number of nitro benzene ring substituents is 1. The molecule has 0 bridgehead atoms. The van der Waals surface area contributed by atoms with Crippen molar-refractivity contribution in [3.05, 3.63) is 62.2 Å². The molecule has 0 unspecified atom stereocenters. The zero-order valence-corrected chi connectivity index (χ0v) is 12.4. The van der Waals surface area contributed by atoms with E-state index in [1.165, 1.54) is 19.1 Å². The third-order valence-corrected chi connectivity index (χ3v) is 3.68. The smallest absolute Gasteiger partial charge is 0.282 e. The van der Waals surface area contributed by atoms with Gasteiger partial charge in [0.05, 0.1) is 21.1 Å². The zero-order valence-electron chi connectivity index (χ0n) is 11.6. The Kier molecular flexibility index (Phi) is 4.23. The summed E-state index contributed by atoms with van der Waals surface area (Å²) in [5.74, 6) is -2.44. The van der Waals surface area contributed by atoms with E-state index in [-0.39, 0.29) is 16.7 Å². The number of nitrogens with zero attached hydrogens (tertiary/aromatic N) is 1. The fourth-order valence-corrected chi connectivity index (χ4v) is 2.46. The maximum Gasteiger partial charge on any atom is 0.282 e. The average molecular weight is 326 g/mol. The fourth-order valence-electron chi connectivity index (χ4n) is 2.28. The van der Waals surface area contributed by atoms with Crippen LogP contribution in [0.4, 0.5) is 14.5 Å². The Morgan fingerprint density at radius 1 is 1.32 bits per heavy atom. The molecule has 114 valence electrons. The number of nitro groups is 1. The van der Waals surface area contributed by atoms with E-state index < -0.39 is 38.6 Å². The Morgan fingerprint density at radius 2 is 1.95 bits per heavy atom. The van der Waals surface area contributed by atoms with Gasteiger partial charge in [0.2, 0.25) is 0 Å². The van der Waals surface area contributed by atoms with Crippen molar-refractivity contribution in [2.45, 2.75) is 13.8 Å². The maximum atomic E-state index is 14.3. The monoisotopic (exact) mass is 325 g/mol. The van der Waals surface area contributed by atoms with Crippen LogP contribution >= 0.6 is 11.6 Å². The molecular formula is C15H10ClF2NO3. The first-order chi connectivity index (χ1) is 10.3. The quantitative estimate of drug-likeness (QED) is 0.466. The van der Waals surface area contributed by atoms with Crippen LogP contribution in [-0.2, 0) is 0 Å². The highest BCUT2D eigenvalue weighted by Gasteiger charge is 2.31. The molecule has 22 heavy (non-hydrogen) atoms. The highest BCUT2D eigenvalue weighted by Crippen LogP contribution is 2.42. The Morgan fingerprint density at radius 3 is 2.45 bits per heavy atom. The van der Waals surface area contributed by atoms with Gasteiger partial charge in [0, 0.05) is 5.56 Å². The molecule has 0 aromatic heterocycles. The third-order valence-electron chi connectivity index (χ3n) is 3.23. The van der Waals surface area contributed by atoms with Crippen molar-refractivity contribution in [3.8, 4) is 11.1 Å². The van der Waals surface area contributed by atoms with Crippen molar-refractivity contribution in [2.75, 3.05) is 0 Å². The summed E-state index contributed by atoms with van der Waals surface area (Å²) in [7, 11) is 0. The lowest BCUT2D eigenvalue weighted by Crippen LogP contribution is -2.08. The summed E-state index contributed by atoms with van der Waals surface area (Å²) >= 11 is 5.76. The van der Waals surface area contributed by atoms with E-state index >= 15 is 0 Å². The molecule has 0 aliphatic rings. The van der Waals surface area contributed by atoms with Gasteiger partial charge in [0.1, 0.15) is 5.82 Å². The number of rotatable bonds is 3. The Balaban J connectivity index is 3.03. The standard InChI is InChI=1S/C15H10ClF2NO3/c1-7-13(16)14(18)11(8(2)20)12(15(7)19(21)22)9-4-3-5-10(17)6-9/h3-6H,1-2H3. The lowest BCUT2D eigenvalue weighted by molar-refractivity contribution is -0.384. The van der Waals surface area contributed by atoms with Gasteiger partial charge in [-0.15, -0.1) is 0 Å². The molecule has 0 saturated carbocycles. The van der Waals surface area contributed by atoms with Crippen molar-refractivity contribution >= 4 is 23.1 Å². The van der Waals surface area contributed by atoms with Gasteiger partial charge in [-0.2, -0.15) is 0 Å². The molecule has 4 nitrogen and oxygen atoms in total. The van der Waals surface area contributed by atoms with Crippen molar-refractivity contribution in [3.63, 3.8) is 0 Å². The predicted octanol–water partition coefficient (Wildman–Crippen LogP) is 4.70. The molecule has 0 aliphatic carbocycles. The van der Waals surface area contributed by atoms with Gasteiger partial charge in [0.15, 0.2) is 11.6 Å². The normalized spacial score (nSPS) is 10.6. The molecule has 7 heteroatoms. The van der Waals surface area contributed by atoms with Crippen LogP contribution in [0, 0.1) is 28.7 Å². The van der Waals surface area contributed by atoms with Crippen LogP contribution in [0.2, 0.25) is 5.02 Å². The molecule has 0 heterocycles. The second-order valence-electron chi connectivity index (χ2n) is 4.68. The van der Waals surface area contributed by atoms with Gasteiger partial charge in [-0.1, -0.05) is 23.7 Å². The van der Waals surface area contributed by atoms with Gasteiger partial charge in [0.25, 0.3) is 5.69 Å². The van der Waals surface area contributed by atoms with Crippen LogP contribution in [0.15, 0.2) is 24.3 Å². The molecule has 0 radical (unpaired) electrons. The lowest BCUT2D eigenvalue weighted by atomic mass is 9.92. The molecular weight excluding hydrogens is 316 g/mol. The first-order valence-corrected chi connectivity index (χ1v) is 6.56. The summed E-state index contributed by atoms with van der Waals surface area (Å²) in [6.07, 6.45) is 0. The van der Waals surface area contributed by atoms with Gasteiger partial charge < -0.3 is 0 Å². The molecule has 0 atom stereocenters. The molecule has 0 aliphatic heterocycles. The van der Waals surface area contributed by atoms with Crippen LogP contribution in [0.25, 0.3) is 11.1 Å². The Bertz CT molecular complexity index is 765. The van der Waals surface area contributed by atoms with Gasteiger partial charge in [-0.3, -0.25) is 14.9 Å². The van der Waals surface area contributed by atoms with Gasteiger partial charge in [-0.05, 0) is 31.5 Å². The summed E-state index contributed by atoms with van der Waals surface area (Å²) in [6, 6.07) is 4.83. The number of carbonyl (C=O) groups excluding carboxylic acids is 1. The zero-order chi connectivity index (χ0) is 16.6. The van der Waals surface area contributed by atoms with Gasteiger partial charge in [-0.25, -0.2) is 8.78 Å². The summed E-state index contributed by atoms with van der Waals surface area (Å²) < 4.78 is 27.8. The lowest BCUT2D eigenvalue weighted by Gasteiger charge is -2.13. The van der Waals surface area contributed by atoms with Crippen molar-refractivity contribution in [2.24, 2.45) is 0 Å². The van der Waals surface area contributed by atoms with Crippen LogP contribution in [0.5, 0.6) is 0 Å². The van der Waals surface area contributed by atoms with Crippen molar-refractivity contribution in [1.29, 1.82) is 0 Å². The highest BCUT2D eigenvalue weighted by atomic mass is 35.5. The molecule has 2 aromatic rings. The third kappa shape index (κ3) is 2.57. The Labute approximate surface area is 129 Å². The summed E-state index contributed by atoms with van der Waals surface area (Å²) in [5, 5.41) is 10.9. The van der Waals surface area contributed by atoms with E-state index in [1.54, 1.807) is 0 Å². The number of carbonyl (C=O) groups is 1. The van der Waals surface area contributed by atoms with Crippen LogP contribution in [0.1, 0.15) is 22.8 Å². The second kappa shape index (κ2) is 5.81. The van der Waals surface area contributed by atoms with E-state index in [4.69, 9.17) is 11.6 Å². The van der Waals surface area contributed by atoms with Crippen molar-refractivity contribution < 1.29 is 18.5 Å². The number of hydrogen-bond acceptors (Lipinski definition) is 3. The van der Waals surface area contributed by atoms with E-state index in [9.17, 15) is 23.7 Å². The second-order valence-corrected chi connectivity index (χ2v) is 5.05. The first-order valence-electron chi connectivity index (χ1n) is 6.18. The molecule has 0 fully saturated rings. The highest BCUT2D eigenvalue weighted by molar-refractivity contribution is 6.32. The predicted molar refractivity (Wildman–Crippen MR) is 78.2 cm³/mol. The molecule has 2 aromatic carbocycles. The van der Waals surface area contributed by atoms with E-state index in [0.717, 1.165) is 19.1 Å². The topological polar surface area (TPSA) is 60.2 Å². The first kappa shape index (κ1) is 16.0. The number of halogens is 3. The molecule has 2 rings (SSSR count). The minimum Gasteiger partial charge on any atom is -0.294 e. The minimum absolute atomic E-state index is 0.0376. The molecule has 0 spiro atoms. The van der Waals surface area contributed by atoms with E-state index in [1.807, 2.05) is 0 Å². The van der Waals surface area contributed by atoms with Crippen LogP contribution in [0.3, 0.4) is 0 Å². The summed E-state index contributed by atoms with van der Waals surface area (Å²) in [6.45, 7) is 2.34. The molecule has 0 amide bonds. The number of hydrogen-bond donors (Lipinski definition) is 0. The number of ketones is 1. The van der Waals surface area contributed by atoms with Crippen LogP contribution < -0.4 is 0 Å². The Hall–Kier alpha value is -2.34. The molecule has 0 N–H and O–H groups in total. The number of Topliss-reactive ketones (excluding diaryl/α,β-unsaturated/α-hetero) is 1.